The van der Waals surface area contributed by atoms with Gasteiger partial charge in [-0.15, -0.1) is 0 Å². The Morgan fingerprint density at radius 1 is 0.234 bits per heavy atom. The molecule has 0 fully saturated rings. The average molecular weight is 1650 g/mol. The van der Waals surface area contributed by atoms with E-state index in [4.69, 9.17) is 31.0 Å². The number of para-hydroxylation sites is 4. The van der Waals surface area contributed by atoms with Crippen molar-refractivity contribution in [1.29, 1.82) is 0 Å². The van der Waals surface area contributed by atoms with Crippen molar-refractivity contribution < 1.29 is 46.9 Å². The molecule has 0 spiro atoms. The van der Waals surface area contributed by atoms with Gasteiger partial charge in [-0.25, -0.2) is 43.6 Å². The zero-order valence-corrected chi connectivity index (χ0v) is 71.8. The van der Waals surface area contributed by atoms with Gasteiger partial charge >= 0.3 is 42.1 Å². The second-order valence-corrected chi connectivity index (χ2v) is 25.1. The van der Waals surface area contributed by atoms with Crippen LogP contribution in [0.15, 0.2) is 376 Å². The zero-order valence-electron chi connectivity index (χ0n) is 66.2. The molecule has 14 aromatic rings. The monoisotopic (exact) mass is 1660 g/mol. The van der Waals surface area contributed by atoms with E-state index in [0.29, 0.717) is 0 Å². The summed E-state index contributed by atoms with van der Waals surface area (Å²) in [5, 5.41) is 0. The summed E-state index contributed by atoms with van der Waals surface area (Å²) < 4.78 is 4.83. The van der Waals surface area contributed by atoms with E-state index < -0.39 is 12.3 Å². The van der Waals surface area contributed by atoms with Gasteiger partial charge in [0.25, 0.3) is 0 Å². The van der Waals surface area contributed by atoms with E-state index in [1.165, 1.54) is 43.7 Å². The van der Waals surface area contributed by atoms with Gasteiger partial charge in [0.1, 0.15) is 12.3 Å². The van der Waals surface area contributed by atoms with Crippen molar-refractivity contribution >= 4 is 104 Å². The molecule has 111 heavy (non-hydrogen) atoms. The van der Waals surface area contributed by atoms with Gasteiger partial charge in [-0.1, -0.05) is 315 Å². The normalized spacial score (nSPS) is 9.46. The van der Waals surface area contributed by atoms with Crippen molar-refractivity contribution in [3.63, 3.8) is 0 Å². The molecule has 0 heterocycles. The molecule has 0 atom stereocenters. The summed E-state index contributed by atoms with van der Waals surface area (Å²) in [5.41, 5.74) is 22.4. The summed E-state index contributed by atoms with van der Waals surface area (Å²) in [6.45, 7) is 48.7. The molecule has 14 aromatic carbocycles. The summed E-state index contributed by atoms with van der Waals surface area (Å²) >= 11 is 8.17. The summed E-state index contributed by atoms with van der Waals surface area (Å²) in [7, 11) is 0. The second kappa shape index (κ2) is 56.7. The van der Waals surface area contributed by atoms with E-state index in [-0.39, 0.29) is 42.1 Å². The molecule has 5 nitrogen and oxygen atoms in total. The van der Waals surface area contributed by atoms with Crippen LogP contribution < -0.4 is 43.7 Å². The Kier molecular flexibility index (Phi) is 49.3. The van der Waals surface area contributed by atoms with Crippen molar-refractivity contribution in [3.05, 3.63) is 466 Å². The van der Waals surface area contributed by atoms with Crippen molar-refractivity contribution in [2.75, 3.05) is 25.7 Å². The largest absolute Gasteiger partial charge is 3.00 e. The van der Waals surface area contributed by atoms with Gasteiger partial charge in [0.2, 0.25) is 0 Å². The quantitative estimate of drug-likeness (QED) is 0.0776. The maximum absolute atomic E-state index is 6.85. The van der Waals surface area contributed by atoms with Crippen LogP contribution >= 0.6 is 0 Å². The van der Waals surface area contributed by atoms with Gasteiger partial charge in [0, 0.05) is 13.2 Å². The topological polar surface area (TPSA) is 26.7 Å². The summed E-state index contributed by atoms with van der Waals surface area (Å²) in [6.07, 6.45) is 0.736. The third-order valence-corrected chi connectivity index (χ3v) is 18.1. The molecule has 0 saturated carbocycles. The van der Waals surface area contributed by atoms with Crippen molar-refractivity contribution in [1.82, 2.24) is 0 Å². The van der Waals surface area contributed by atoms with Crippen LogP contribution in [-0.2, 0) is 72.1 Å². The van der Waals surface area contributed by atoms with Crippen LogP contribution in [0.5, 0.6) is 0 Å². The molecule has 0 aliphatic rings. The third-order valence-electron chi connectivity index (χ3n) is 18.1. The Hall–Kier alpha value is -10.5. The molecule has 558 valence electrons. The molecule has 0 bridgehead atoms. The first-order valence-corrected chi connectivity index (χ1v) is 38.1. The smallest absolute Gasteiger partial charge is 0.796 e. The number of nitrogens with zero attached hydrogens (tertiary/aromatic N) is 4. The SMILES string of the molecule is CCOCC.C[S-].C[S-].[C-]#[N+]c1c(C)cccc1C.[C-]#[N+]c1c(C)cccc1C.[C-]#[N+]c1c(C)cccc1C.[C-]#[N+]c1c(C)cccc1C.[Mo+3].[Mo+3].c1cc[cH-]c1.c1cc[cH-]c1.c1ccc([B-](c2ccccc2)(c2ccccc2)c2ccccc2)cc1.c1ccc([B-](c2ccccc2)(c2ccccc2)c2ccccc2)cc1. The van der Waals surface area contributed by atoms with E-state index >= 15 is 0 Å². The predicted molar refractivity (Wildman–Crippen MR) is 482 cm³/mol. The summed E-state index contributed by atoms with van der Waals surface area (Å²) in [4.78, 5) is 13.7. The van der Waals surface area contributed by atoms with Gasteiger partial charge in [-0.3, -0.25) is 0 Å². The van der Waals surface area contributed by atoms with Gasteiger partial charge < -0.3 is 30.0 Å². The molecule has 2 radical (unpaired) electrons. The van der Waals surface area contributed by atoms with Gasteiger partial charge in [0.05, 0.1) is 26.3 Å². The van der Waals surface area contributed by atoms with Gasteiger partial charge in [-0.2, -0.15) is 92.6 Å². The van der Waals surface area contributed by atoms with E-state index in [0.717, 1.165) is 80.5 Å². The molecule has 0 saturated heterocycles. The molecule has 0 aliphatic carbocycles. The average Bonchev–Trinajstić information content (AvgIpc) is 0.900. The summed E-state index contributed by atoms with van der Waals surface area (Å²) in [5.74, 6) is 0. The number of benzene rings is 12. The molecule has 0 amide bonds. The maximum atomic E-state index is 6.85. The Morgan fingerprint density at radius 3 is 0.450 bits per heavy atom. The van der Waals surface area contributed by atoms with Crippen LogP contribution in [0.3, 0.4) is 0 Å². The molecule has 11 heteroatoms. The first-order valence-electron chi connectivity index (χ1n) is 36.5. The molecule has 0 aliphatic heterocycles. The minimum atomic E-state index is -1.22. The molecule has 0 aromatic heterocycles. The zero-order chi connectivity index (χ0) is 79.3. The number of hydrogen-bond acceptors (Lipinski definition) is 3. The standard InChI is InChI=1S/2C24H20B.4C9H9N.2C5H5.C4H10O.2CH4S.2Mo/c2*1-5-13-21(14-6-1)25(22-15-7-2-8-16-22,23-17-9-3-10-18-23)24-19-11-4-12-20-24;4*1-7-5-4-6-8(2)9(7)10-3;2*1-2-4-5-3-1;1-3-5-4-2;2*1-2;;/h2*1-20H;4*4-6H,1-2H3;2*1-5H;3-4H2,1-2H3;2*2H,1H3;;/q2*-1;;;;;2*-1;;;;2*+3/p-2. The first kappa shape index (κ1) is 96.5. The van der Waals surface area contributed by atoms with E-state index in [2.05, 4.69) is 287 Å². The van der Waals surface area contributed by atoms with Crippen LogP contribution in [-0.4, -0.2) is 38.0 Å². The Balaban J connectivity index is 0.000000447. The van der Waals surface area contributed by atoms with Crippen molar-refractivity contribution in [2.45, 2.75) is 69.2 Å². The van der Waals surface area contributed by atoms with E-state index in [9.17, 15) is 0 Å². The molecular formula is C100H102B2Mo2N4OS2. The van der Waals surface area contributed by atoms with Crippen LogP contribution in [0.25, 0.3) is 19.4 Å². The number of aryl methyl sites for hydroxylation is 8. The van der Waals surface area contributed by atoms with E-state index in [1.807, 2.05) is 203 Å². The number of rotatable bonds is 10. The fourth-order valence-electron chi connectivity index (χ4n) is 13.0. The molecular weight excluding hydrogens is 1550 g/mol. The fourth-order valence-corrected chi connectivity index (χ4v) is 13.0. The van der Waals surface area contributed by atoms with Crippen LogP contribution in [0.2, 0.25) is 0 Å². The van der Waals surface area contributed by atoms with E-state index in [1.54, 1.807) is 12.5 Å². The second-order valence-electron chi connectivity index (χ2n) is 25.1. The maximum Gasteiger partial charge on any atom is 3.00 e. The first-order chi connectivity index (χ1) is 53.3. The fraction of sp³-hybridized carbons (Fsp3) is 0.140. The van der Waals surface area contributed by atoms with Crippen molar-refractivity contribution in [3.8, 4) is 0 Å². The third kappa shape index (κ3) is 30.0. The minimum absolute atomic E-state index is 0. The Morgan fingerprint density at radius 2 is 0.369 bits per heavy atom. The number of ether oxygens (including phenoxy) is 1. The number of hydrogen-bond donors (Lipinski definition) is 0. The molecule has 0 unspecified atom stereocenters. The predicted octanol–water partition coefficient (Wildman–Crippen LogP) is 21.7. The van der Waals surface area contributed by atoms with Crippen LogP contribution in [0, 0.1) is 81.7 Å². The Labute approximate surface area is 706 Å². The van der Waals surface area contributed by atoms with Gasteiger partial charge in [0.15, 0.2) is 22.7 Å². The van der Waals surface area contributed by atoms with Crippen LogP contribution in [0.4, 0.5) is 22.7 Å². The summed E-state index contributed by atoms with van der Waals surface area (Å²) in [6, 6.07) is 131. The van der Waals surface area contributed by atoms with Crippen LogP contribution in [0.1, 0.15) is 58.4 Å². The Bertz CT molecular complexity index is 4020. The minimum Gasteiger partial charge on any atom is -0.796 e. The van der Waals surface area contributed by atoms with Gasteiger partial charge in [-0.05, 0) is 114 Å². The molecule has 14 rings (SSSR count). The van der Waals surface area contributed by atoms with Crippen molar-refractivity contribution in [2.24, 2.45) is 0 Å². The molecule has 0 N–H and O–H groups in total.